The predicted octanol–water partition coefficient (Wildman–Crippen LogP) is 3.27. The Hall–Kier alpha value is -1.13. The van der Waals surface area contributed by atoms with Crippen molar-refractivity contribution >= 4 is 9.84 Å². The number of benzene rings is 1. The summed E-state index contributed by atoms with van der Waals surface area (Å²) in [7, 11) is -3.39. The molecule has 0 heterocycles. The van der Waals surface area contributed by atoms with Gasteiger partial charge in [0.15, 0.2) is 9.84 Å². The van der Waals surface area contributed by atoms with E-state index in [-0.39, 0.29) is 11.2 Å². The summed E-state index contributed by atoms with van der Waals surface area (Å²) in [6.07, 6.45) is 0.997. The minimum Gasteiger partial charge on any atom is -0.389 e. The zero-order chi connectivity index (χ0) is 15.8. The molecule has 1 atom stereocenters. The summed E-state index contributed by atoms with van der Waals surface area (Å²) in [6, 6.07) is 7.07. The Morgan fingerprint density at radius 2 is 1.86 bits per heavy atom. The maximum atomic E-state index is 12.7. The van der Waals surface area contributed by atoms with Gasteiger partial charge in [-0.3, -0.25) is 0 Å². The summed E-state index contributed by atoms with van der Waals surface area (Å²) in [5.74, 6) is -0.00620. The maximum Gasteiger partial charge on any atom is 0.182 e. The summed E-state index contributed by atoms with van der Waals surface area (Å²) in [5.41, 5.74) is 2.27. The van der Waals surface area contributed by atoms with Crippen LogP contribution in [0.1, 0.15) is 39.2 Å². The van der Waals surface area contributed by atoms with Gasteiger partial charge in [0.25, 0.3) is 0 Å². The van der Waals surface area contributed by atoms with E-state index in [0.29, 0.717) is 11.3 Å². The molecule has 1 unspecified atom stereocenters. The van der Waals surface area contributed by atoms with E-state index in [1.54, 1.807) is 12.1 Å². The largest absolute Gasteiger partial charge is 0.389 e. The highest BCUT2D eigenvalue weighted by molar-refractivity contribution is 7.91. The molecular formula is C17H24O3S. The fourth-order valence-electron chi connectivity index (χ4n) is 3.08. The molecule has 1 aromatic rings. The molecule has 1 aliphatic rings. The molecule has 0 amide bonds. The third-order valence-electron chi connectivity index (χ3n) is 4.60. The molecule has 0 radical (unpaired) electrons. The third kappa shape index (κ3) is 3.22. The second-order valence-corrected chi connectivity index (χ2v) is 8.58. The highest BCUT2D eigenvalue weighted by atomic mass is 32.2. The van der Waals surface area contributed by atoms with Crippen LogP contribution in [0, 0.1) is 12.3 Å². The van der Waals surface area contributed by atoms with Gasteiger partial charge in [0.05, 0.1) is 16.8 Å². The van der Waals surface area contributed by atoms with Gasteiger partial charge in [-0.25, -0.2) is 8.42 Å². The van der Waals surface area contributed by atoms with Crippen molar-refractivity contribution in [3.63, 3.8) is 0 Å². The molecule has 0 saturated carbocycles. The van der Waals surface area contributed by atoms with Crippen molar-refractivity contribution in [1.82, 2.24) is 0 Å². The van der Waals surface area contributed by atoms with Crippen molar-refractivity contribution in [3.05, 3.63) is 41.0 Å². The Kier molecular flexibility index (Phi) is 4.31. The van der Waals surface area contributed by atoms with E-state index in [4.69, 9.17) is 0 Å². The molecule has 1 aliphatic carbocycles. The van der Waals surface area contributed by atoms with Gasteiger partial charge in [-0.05, 0) is 54.9 Å². The average Bonchev–Trinajstić information content (AvgIpc) is 2.40. The van der Waals surface area contributed by atoms with Crippen LogP contribution < -0.4 is 0 Å². The second kappa shape index (κ2) is 5.58. The average molecular weight is 308 g/mol. The Bertz CT molecular complexity index is 669. The lowest BCUT2D eigenvalue weighted by atomic mass is 9.72. The topological polar surface area (TPSA) is 54.4 Å². The van der Waals surface area contributed by atoms with Crippen LogP contribution in [0.25, 0.3) is 0 Å². The Morgan fingerprint density at radius 3 is 2.48 bits per heavy atom. The lowest BCUT2D eigenvalue weighted by molar-refractivity contribution is 0.161. The molecule has 2 rings (SSSR count). The highest BCUT2D eigenvalue weighted by Crippen LogP contribution is 2.41. The van der Waals surface area contributed by atoms with Crippen molar-refractivity contribution in [1.29, 1.82) is 0 Å². The molecule has 21 heavy (non-hydrogen) atoms. The molecule has 0 aliphatic heterocycles. The molecule has 0 aromatic heterocycles. The molecule has 1 N–H and O–H groups in total. The van der Waals surface area contributed by atoms with Gasteiger partial charge in [0, 0.05) is 0 Å². The fraction of sp³-hybridized carbons (Fsp3) is 0.529. The molecular weight excluding hydrogens is 284 g/mol. The molecule has 3 nitrogen and oxygen atoms in total. The summed E-state index contributed by atoms with van der Waals surface area (Å²) >= 11 is 0. The zero-order valence-corrected chi connectivity index (χ0v) is 14.0. The lowest BCUT2D eigenvalue weighted by Crippen LogP contribution is -2.31. The first kappa shape index (κ1) is 16.2. The number of sulfone groups is 1. The van der Waals surface area contributed by atoms with Crippen molar-refractivity contribution in [3.8, 4) is 0 Å². The normalized spacial score (nSPS) is 22.4. The van der Waals surface area contributed by atoms with Gasteiger partial charge in [-0.2, -0.15) is 0 Å². The van der Waals surface area contributed by atoms with Crippen LogP contribution >= 0.6 is 0 Å². The number of aliphatic hydroxyl groups excluding tert-OH is 1. The van der Waals surface area contributed by atoms with E-state index in [2.05, 4.69) is 13.8 Å². The molecule has 4 heteroatoms. The fourth-order valence-corrected chi connectivity index (χ4v) is 5.08. The van der Waals surface area contributed by atoms with Gasteiger partial charge in [-0.1, -0.05) is 32.0 Å². The van der Waals surface area contributed by atoms with Crippen LogP contribution in [-0.2, 0) is 9.84 Å². The van der Waals surface area contributed by atoms with Crippen LogP contribution in [0.4, 0.5) is 0 Å². The smallest absolute Gasteiger partial charge is 0.182 e. The quantitative estimate of drug-likeness (QED) is 0.872. The number of hydrogen-bond acceptors (Lipinski definition) is 3. The third-order valence-corrected chi connectivity index (χ3v) is 6.40. The van der Waals surface area contributed by atoms with E-state index in [0.717, 1.165) is 23.1 Å². The Labute approximate surface area is 127 Å². The van der Waals surface area contributed by atoms with Gasteiger partial charge in [0.2, 0.25) is 0 Å². The van der Waals surface area contributed by atoms with Crippen LogP contribution in [0.2, 0.25) is 0 Å². The van der Waals surface area contributed by atoms with Crippen molar-refractivity contribution < 1.29 is 13.5 Å². The monoisotopic (exact) mass is 308 g/mol. The molecule has 0 bridgehead atoms. The predicted molar refractivity (Wildman–Crippen MR) is 85.0 cm³/mol. The van der Waals surface area contributed by atoms with E-state index in [9.17, 15) is 13.5 Å². The van der Waals surface area contributed by atoms with Crippen molar-refractivity contribution in [2.75, 3.05) is 5.75 Å². The maximum absolute atomic E-state index is 12.7. The lowest BCUT2D eigenvalue weighted by Gasteiger charge is -2.36. The van der Waals surface area contributed by atoms with Gasteiger partial charge < -0.3 is 5.11 Å². The summed E-state index contributed by atoms with van der Waals surface area (Å²) in [6.45, 7) is 7.79. The first-order valence-corrected chi connectivity index (χ1v) is 8.97. The summed E-state index contributed by atoms with van der Waals surface area (Å²) < 4.78 is 25.5. The van der Waals surface area contributed by atoms with Gasteiger partial charge >= 0.3 is 0 Å². The van der Waals surface area contributed by atoms with Crippen LogP contribution in [0.3, 0.4) is 0 Å². The zero-order valence-electron chi connectivity index (χ0n) is 13.2. The van der Waals surface area contributed by atoms with Crippen LogP contribution in [0.5, 0.6) is 0 Å². The number of rotatable bonds is 3. The van der Waals surface area contributed by atoms with Crippen LogP contribution in [-0.4, -0.2) is 25.4 Å². The van der Waals surface area contributed by atoms with E-state index in [1.807, 2.05) is 26.0 Å². The standard InChI is InChI=1S/C17H24O3S/c1-12-7-5-6-8-16(12)21(19,20)11-14-13(2)15(18)9-10-17(14,3)4/h5-8,15,18H,9-11H2,1-4H3. The van der Waals surface area contributed by atoms with Gasteiger partial charge in [0.1, 0.15) is 0 Å². The first-order chi connectivity index (χ1) is 9.65. The number of hydrogen-bond donors (Lipinski definition) is 1. The number of aryl methyl sites for hydroxylation is 1. The van der Waals surface area contributed by atoms with Crippen LogP contribution in [0.15, 0.2) is 40.3 Å². The van der Waals surface area contributed by atoms with Gasteiger partial charge in [-0.15, -0.1) is 0 Å². The highest BCUT2D eigenvalue weighted by Gasteiger charge is 2.35. The van der Waals surface area contributed by atoms with Crippen molar-refractivity contribution in [2.24, 2.45) is 5.41 Å². The van der Waals surface area contributed by atoms with E-state index in [1.165, 1.54) is 0 Å². The first-order valence-electron chi connectivity index (χ1n) is 7.32. The molecule has 0 fully saturated rings. The second-order valence-electron chi connectivity index (χ2n) is 6.62. The minimum absolute atomic E-state index is 0.00620. The molecule has 1 aromatic carbocycles. The van der Waals surface area contributed by atoms with E-state index >= 15 is 0 Å². The minimum atomic E-state index is -3.39. The summed E-state index contributed by atoms with van der Waals surface area (Å²) in [4.78, 5) is 0.390. The molecule has 0 saturated heterocycles. The van der Waals surface area contributed by atoms with Crippen molar-refractivity contribution in [2.45, 2.75) is 51.5 Å². The summed E-state index contributed by atoms with van der Waals surface area (Å²) in [5, 5.41) is 10.0. The SMILES string of the molecule is CC1=C(CS(=O)(=O)c2ccccc2C)C(C)(C)CCC1O. The Balaban J connectivity index is 2.45. The molecule has 116 valence electrons. The van der Waals surface area contributed by atoms with E-state index < -0.39 is 15.9 Å². The Morgan fingerprint density at radius 1 is 1.24 bits per heavy atom. The number of aliphatic hydroxyl groups is 1. The molecule has 0 spiro atoms.